The van der Waals surface area contributed by atoms with E-state index < -0.39 is 14.8 Å². The molecular formula is C10H10N4O4S. The number of hydrogen-bond donors (Lipinski definition) is 0. The Kier molecular flexibility index (Phi) is 3.06. The van der Waals surface area contributed by atoms with Crippen LogP contribution in [0, 0.1) is 10.1 Å². The normalized spacial score (nSPS) is 11.5. The molecule has 0 N–H and O–H groups in total. The molecule has 8 nitrogen and oxygen atoms in total. The molecule has 2 aromatic rings. The van der Waals surface area contributed by atoms with Gasteiger partial charge in [-0.2, -0.15) is 0 Å². The van der Waals surface area contributed by atoms with Crippen LogP contribution in [0.3, 0.4) is 0 Å². The summed E-state index contributed by atoms with van der Waals surface area (Å²) in [5, 5.41) is 17.9. The molecule has 9 heteroatoms. The van der Waals surface area contributed by atoms with E-state index in [0.29, 0.717) is 5.56 Å². The first-order valence-corrected chi connectivity index (χ1v) is 7.04. The Bertz CT molecular complexity index is 751. The molecule has 0 bridgehead atoms. The lowest BCUT2D eigenvalue weighted by atomic mass is 10.2. The summed E-state index contributed by atoms with van der Waals surface area (Å²) in [4.78, 5) is 10.2. The molecule has 0 aliphatic carbocycles. The van der Waals surface area contributed by atoms with Gasteiger partial charge in [-0.25, -0.2) is 8.42 Å². The van der Waals surface area contributed by atoms with Crippen LogP contribution in [0.5, 0.6) is 0 Å². The maximum absolute atomic E-state index is 11.4. The van der Waals surface area contributed by atoms with Crippen LogP contribution in [0.15, 0.2) is 29.4 Å². The van der Waals surface area contributed by atoms with Crippen LogP contribution < -0.4 is 0 Å². The molecular weight excluding hydrogens is 272 g/mol. The number of sulfone groups is 1. The topological polar surface area (TPSA) is 108 Å². The van der Waals surface area contributed by atoms with Gasteiger partial charge in [0.15, 0.2) is 5.82 Å². The van der Waals surface area contributed by atoms with Crippen molar-refractivity contribution in [3.63, 3.8) is 0 Å². The Morgan fingerprint density at radius 1 is 1.32 bits per heavy atom. The molecule has 0 atom stereocenters. The van der Waals surface area contributed by atoms with E-state index in [1.807, 2.05) is 0 Å². The number of non-ortho nitro benzene ring substituents is 1. The molecule has 100 valence electrons. The van der Waals surface area contributed by atoms with Crippen LogP contribution in [0.2, 0.25) is 0 Å². The Morgan fingerprint density at radius 3 is 2.53 bits per heavy atom. The number of hydrogen-bond acceptors (Lipinski definition) is 6. The first-order chi connectivity index (χ1) is 8.80. The van der Waals surface area contributed by atoms with Crippen LogP contribution >= 0.6 is 0 Å². The SMILES string of the molecule is Cn1c(-c2cccc([N+](=O)[O-])c2)nnc1S(C)(=O)=O. The van der Waals surface area contributed by atoms with Gasteiger partial charge in [-0.3, -0.25) is 10.1 Å². The highest BCUT2D eigenvalue weighted by atomic mass is 32.2. The Balaban J connectivity index is 2.58. The molecule has 0 saturated heterocycles. The van der Waals surface area contributed by atoms with Crippen LogP contribution in [-0.2, 0) is 16.9 Å². The fraction of sp³-hybridized carbons (Fsp3) is 0.200. The quantitative estimate of drug-likeness (QED) is 0.608. The smallest absolute Gasteiger partial charge is 0.270 e. The summed E-state index contributed by atoms with van der Waals surface area (Å²) in [6.07, 6.45) is 1.02. The van der Waals surface area contributed by atoms with E-state index in [-0.39, 0.29) is 16.7 Å². The highest BCUT2D eigenvalue weighted by Crippen LogP contribution is 2.23. The first-order valence-electron chi connectivity index (χ1n) is 5.15. The fourth-order valence-electron chi connectivity index (χ4n) is 1.65. The molecule has 0 unspecified atom stereocenters. The minimum Gasteiger partial charge on any atom is -0.301 e. The predicted octanol–water partition coefficient (Wildman–Crippen LogP) is 0.794. The van der Waals surface area contributed by atoms with E-state index in [1.54, 1.807) is 6.07 Å². The number of aromatic nitrogens is 3. The molecule has 1 aromatic carbocycles. The maximum atomic E-state index is 11.4. The molecule has 0 amide bonds. The zero-order valence-corrected chi connectivity index (χ0v) is 11.0. The number of nitro groups is 1. The molecule has 0 aliphatic heterocycles. The molecule has 2 rings (SSSR count). The minimum atomic E-state index is -3.49. The Hall–Kier alpha value is -2.29. The summed E-state index contributed by atoms with van der Waals surface area (Å²) in [5.41, 5.74) is 0.334. The van der Waals surface area contributed by atoms with Crippen LogP contribution in [-0.4, -0.2) is 34.4 Å². The van der Waals surface area contributed by atoms with Crippen molar-refractivity contribution < 1.29 is 13.3 Å². The van der Waals surface area contributed by atoms with Gasteiger partial charge in [0.05, 0.1) is 4.92 Å². The molecule has 0 spiro atoms. The minimum absolute atomic E-state index is 0.0959. The highest BCUT2D eigenvalue weighted by Gasteiger charge is 2.19. The monoisotopic (exact) mass is 282 g/mol. The average Bonchev–Trinajstić information content (AvgIpc) is 2.71. The van der Waals surface area contributed by atoms with E-state index in [2.05, 4.69) is 10.2 Å². The van der Waals surface area contributed by atoms with Crippen molar-refractivity contribution in [1.29, 1.82) is 0 Å². The van der Waals surface area contributed by atoms with Crippen molar-refractivity contribution >= 4 is 15.5 Å². The van der Waals surface area contributed by atoms with E-state index in [9.17, 15) is 18.5 Å². The summed E-state index contributed by atoms with van der Waals surface area (Å²) in [6.45, 7) is 0. The van der Waals surface area contributed by atoms with Crippen molar-refractivity contribution in [2.45, 2.75) is 5.16 Å². The number of benzene rings is 1. The second-order valence-corrected chi connectivity index (χ2v) is 5.85. The molecule has 0 saturated carbocycles. The lowest BCUT2D eigenvalue weighted by Crippen LogP contribution is -2.06. The second kappa shape index (κ2) is 4.43. The number of nitro benzene ring substituents is 1. The average molecular weight is 282 g/mol. The Labute approximate surface area is 108 Å². The van der Waals surface area contributed by atoms with Gasteiger partial charge in [0.25, 0.3) is 5.69 Å². The van der Waals surface area contributed by atoms with E-state index in [1.165, 1.54) is 29.8 Å². The molecule has 1 aromatic heterocycles. The van der Waals surface area contributed by atoms with Gasteiger partial charge >= 0.3 is 0 Å². The lowest BCUT2D eigenvalue weighted by molar-refractivity contribution is -0.384. The predicted molar refractivity (Wildman–Crippen MR) is 66.2 cm³/mol. The zero-order chi connectivity index (χ0) is 14.2. The molecule has 0 fully saturated rings. The summed E-state index contributed by atoms with van der Waals surface area (Å²) in [7, 11) is -2.00. The van der Waals surface area contributed by atoms with Crippen molar-refractivity contribution in [2.75, 3.05) is 6.26 Å². The third-order valence-corrected chi connectivity index (χ3v) is 3.50. The van der Waals surface area contributed by atoms with Crippen LogP contribution in [0.1, 0.15) is 0 Å². The van der Waals surface area contributed by atoms with Gasteiger partial charge in [0.2, 0.25) is 15.0 Å². The first kappa shape index (κ1) is 13.1. The highest BCUT2D eigenvalue weighted by molar-refractivity contribution is 7.90. The molecule has 19 heavy (non-hydrogen) atoms. The maximum Gasteiger partial charge on any atom is 0.270 e. The van der Waals surface area contributed by atoms with Gasteiger partial charge in [-0.1, -0.05) is 12.1 Å². The summed E-state index contributed by atoms with van der Waals surface area (Å²) in [5.74, 6) is 0.254. The van der Waals surface area contributed by atoms with E-state index in [0.717, 1.165) is 6.26 Å². The number of nitrogens with zero attached hydrogens (tertiary/aromatic N) is 4. The standard InChI is InChI=1S/C10H10N4O4S/c1-13-9(11-12-10(13)19(2,17)18)7-4-3-5-8(6-7)14(15)16/h3-6H,1-2H3. The summed E-state index contributed by atoms with van der Waals surface area (Å²) >= 11 is 0. The van der Waals surface area contributed by atoms with E-state index in [4.69, 9.17) is 0 Å². The van der Waals surface area contributed by atoms with Gasteiger partial charge in [-0.15, -0.1) is 10.2 Å². The third kappa shape index (κ3) is 2.45. The number of rotatable bonds is 3. The largest absolute Gasteiger partial charge is 0.301 e. The lowest BCUT2D eigenvalue weighted by Gasteiger charge is -2.02. The summed E-state index contributed by atoms with van der Waals surface area (Å²) < 4.78 is 24.2. The third-order valence-electron chi connectivity index (χ3n) is 2.48. The fourth-order valence-corrected chi connectivity index (χ4v) is 2.42. The zero-order valence-electron chi connectivity index (χ0n) is 10.1. The van der Waals surface area contributed by atoms with Crippen molar-refractivity contribution in [3.05, 3.63) is 34.4 Å². The summed E-state index contributed by atoms with van der Waals surface area (Å²) in [6, 6.07) is 5.76. The van der Waals surface area contributed by atoms with Gasteiger partial charge < -0.3 is 4.57 Å². The van der Waals surface area contributed by atoms with Gasteiger partial charge in [-0.05, 0) is 0 Å². The Morgan fingerprint density at radius 2 is 2.00 bits per heavy atom. The van der Waals surface area contributed by atoms with Gasteiger partial charge in [0.1, 0.15) is 0 Å². The molecule has 0 aliphatic rings. The van der Waals surface area contributed by atoms with Gasteiger partial charge in [0, 0.05) is 31.0 Å². The van der Waals surface area contributed by atoms with Crippen molar-refractivity contribution in [2.24, 2.45) is 7.05 Å². The van der Waals surface area contributed by atoms with Crippen molar-refractivity contribution in [3.8, 4) is 11.4 Å². The second-order valence-electron chi connectivity index (χ2n) is 3.94. The van der Waals surface area contributed by atoms with Crippen LogP contribution in [0.25, 0.3) is 11.4 Å². The molecule has 0 radical (unpaired) electrons. The molecule has 1 heterocycles. The van der Waals surface area contributed by atoms with Crippen LogP contribution in [0.4, 0.5) is 5.69 Å². The van der Waals surface area contributed by atoms with Crippen molar-refractivity contribution in [1.82, 2.24) is 14.8 Å². The van der Waals surface area contributed by atoms with E-state index >= 15 is 0 Å².